The SMILES string of the molecule is Cc1ccc(-n2nc(C)c3cc(C(=O)N4CCN(S(=O)(=O)c5ccccc5)CC4)sc32)cc1. The first-order valence-corrected chi connectivity index (χ1v) is 13.0. The molecule has 33 heavy (non-hydrogen) atoms. The highest BCUT2D eigenvalue weighted by atomic mass is 32.2. The van der Waals surface area contributed by atoms with E-state index < -0.39 is 10.0 Å². The number of carbonyl (C=O) groups excluding carboxylic acids is 1. The van der Waals surface area contributed by atoms with Gasteiger partial charge >= 0.3 is 0 Å². The summed E-state index contributed by atoms with van der Waals surface area (Å²) in [5, 5.41) is 5.62. The van der Waals surface area contributed by atoms with E-state index in [0.29, 0.717) is 18.0 Å². The molecule has 4 aromatic rings. The molecule has 3 heterocycles. The molecule has 0 atom stereocenters. The van der Waals surface area contributed by atoms with Crippen LogP contribution in [0.5, 0.6) is 0 Å². The van der Waals surface area contributed by atoms with Crippen LogP contribution in [0, 0.1) is 13.8 Å². The minimum Gasteiger partial charge on any atom is -0.335 e. The number of benzene rings is 2. The van der Waals surface area contributed by atoms with Crippen LogP contribution in [-0.2, 0) is 10.0 Å². The predicted octanol–water partition coefficient (Wildman–Crippen LogP) is 3.85. The second kappa shape index (κ2) is 8.40. The number of piperazine rings is 1. The van der Waals surface area contributed by atoms with Gasteiger partial charge in [-0.2, -0.15) is 9.40 Å². The van der Waals surface area contributed by atoms with E-state index in [9.17, 15) is 13.2 Å². The molecule has 1 aliphatic rings. The van der Waals surface area contributed by atoms with Crippen molar-refractivity contribution in [3.8, 4) is 5.69 Å². The van der Waals surface area contributed by atoms with Gasteiger partial charge in [0.05, 0.1) is 21.2 Å². The van der Waals surface area contributed by atoms with E-state index in [0.717, 1.165) is 21.6 Å². The number of sulfonamides is 1. The lowest BCUT2D eigenvalue weighted by molar-refractivity contribution is 0.0703. The minimum absolute atomic E-state index is 0.0668. The molecule has 170 valence electrons. The molecular formula is C24H24N4O3S2. The van der Waals surface area contributed by atoms with Gasteiger partial charge in [-0.05, 0) is 44.2 Å². The maximum absolute atomic E-state index is 13.2. The molecule has 7 nitrogen and oxygen atoms in total. The second-order valence-electron chi connectivity index (χ2n) is 8.17. The third-order valence-electron chi connectivity index (χ3n) is 5.94. The van der Waals surface area contributed by atoms with Crippen molar-refractivity contribution in [2.45, 2.75) is 18.7 Å². The van der Waals surface area contributed by atoms with Crippen LogP contribution in [0.3, 0.4) is 0 Å². The van der Waals surface area contributed by atoms with E-state index >= 15 is 0 Å². The molecule has 0 N–H and O–H groups in total. The van der Waals surface area contributed by atoms with Gasteiger partial charge in [-0.25, -0.2) is 13.1 Å². The number of nitrogens with zero attached hydrogens (tertiary/aromatic N) is 4. The zero-order valence-corrected chi connectivity index (χ0v) is 20.1. The fourth-order valence-electron chi connectivity index (χ4n) is 4.04. The van der Waals surface area contributed by atoms with Gasteiger partial charge in [-0.3, -0.25) is 4.79 Å². The number of aryl methyl sites for hydroxylation is 2. The van der Waals surface area contributed by atoms with Gasteiger partial charge in [0.2, 0.25) is 10.0 Å². The van der Waals surface area contributed by atoms with Gasteiger partial charge < -0.3 is 4.90 Å². The van der Waals surface area contributed by atoms with Crippen molar-refractivity contribution in [1.29, 1.82) is 0 Å². The fourth-order valence-corrected chi connectivity index (χ4v) is 6.64. The van der Waals surface area contributed by atoms with Crippen LogP contribution in [0.1, 0.15) is 20.9 Å². The van der Waals surface area contributed by atoms with E-state index in [1.54, 1.807) is 35.2 Å². The van der Waals surface area contributed by atoms with Crippen LogP contribution < -0.4 is 0 Å². The highest BCUT2D eigenvalue weighted by molar-refractivity contribution is 7.89. The van der Waals surface area contributed by atoms with Crippen molar-refractivity contribution in [2.24, 2.45) is 0 Å². The molecule has 0 radical (unpaired) electrons. The standard InChI is InChI=1S/C24H24N4O3S2/c1-17-8-10-19(11-9-17)28-24-21(18(2)25-28)16-22(32-24)23(29)26-12-14-27(15-13-26)33(30,31)20-6-4-3-5-7-20/h3-11,16H,12-15H2,1-2H3. The van der Waals surface area contributed by atoms with Crippen LogP contribution in [0.25, 0.3) is 15.9 Å². The van der Waals surface area contributed by atoms with Gasteiger partial charge in [-0.1, -0.05) is 35.9 Å². The largest absolute Gasteiger partial charge is 0.335 e. The van der Waals surface area contributed by atoms with Gasteiger partial charge in [0, 0.05) is 31.6 Å². The first-order valence-electron chi connectivity index (χ1n) is 10.8. The maximum Gasteiger partial charge on any atom is 0.264 e. The minimum atomic E-state index is -3.55. The Hall–Kier alpha value is -3.01. The molecule has 0 bridgehead atoms. The smallest absolute Gasteiger partial charge is 0.264 e. The molecule has 1 amide bonds. The van der Waals surface area contributed by atoms with Crippen molar-refractivity contribution in [2.75, 3.05) is 26.2 Å². The van der Waals surface area contributed by atoms with Gasteiger partial charge in [-0.15, -0.1) is 11.3 Å². The Balaban J connectivity index is 1.35. The van der Waals surface area contributed by atoms with Crippen molar-refractivity contribution in [1.82, 2.24) is 19.0 Å². The van der Waals surface area contributed by atoms with Gasteiger partial charge in [0.15, 0.2) is 0 Å². The van der Waals surface area contributed by atoms with Crippen LogP contribution in [0.15, 0.2) is 65.6 Å². The molecule has 1 aliphatic heterocycles. The summed E-state index contributed by atoms with van der Waals surface area (Å²) in [6.45, 7) is 5.28. The van der Waals surface area contributed by atoms with Crippen LogP contribution >= 0.6 is 11.3 Å². The van der Waals surface area contributed by atoms with Crippen LogP contribution in [0.4, 0.5) is 0 Å². The molecular weight excluding hydrogens is 456 g/mol. The lowest BCUT2D eigenvalue weighted by atomic mass is 10.2. The van der Waals surface area contributed by atoms with E-state index in [1.165, 1.54) is 21.2 Å². The summed E-state index contributed by atoms with van der Waals surface area (Å²) in [5.41, 5.74) is 3.01. The normalized spacial score (nSPS) is 15.3. The van der Waals surface area contributed by atoms with Crippen molar-refractivity contribution in [3.05, 3.63) is 76.8 Å². The number of aromatic nitrogens is 2. The third-order valence-corrected chi connectivity index (χ3v) is 8.95. The number of amides is 1. The van der Waals surface area contributed by atoms with Crippen LogP contribution in [0.2, 0.25) is 0 Å². The Labute approximate surface area is 196 Å². The van der Waals surface area contributed by atoms with E-state index in [1.807, 2.05) is 48.9 Å². The summed E-state index contributed by atoms with van der Waals surface area (Å²) in [5.74, 6) is -0.0668. The Morgan fingerprint density at radius 1 is 0.939 bits per heavy atom. The molecule has 2 aromatic carbocycles. The molecule has 0 unspecified atom stereocenters. The number of fused-ring (bicyclic) bond motifs is 1. The van der Waals surface area contributed by atoms with E-state index in [2.05, 4.69) is 5.10 Å². The highest BCUT2D eigenvalue weighted by Crippen LogP contribution is 2.31. The van der Waals surface area contributed by atoms with Crippen molar-refractivity contribution in [3.63, 3.8) is 0 Å². The monoisotopic (exact) mass is 480 g/mol. The fraction of sp³-hybridized carbons (Fsp3) is 0.250. The summed E-state index contributed by atoms with van der Waals surface area (Å²) < 4.78 is 29.1. The summed E-state index contributed by atoms with van der Waals surface area (Å²) in [7, 11) is -3.55. The maximum atomic E-state index is 13.2. The Morgan fingerprint density at radius 3 is 2.27 bits per heavy atom. The topological polar surface area (TPSA) is 75.5 Å². The van der Waals surface area contributed by atoms with Crippen molar-refractivity contribution >= 4 is 37.5 Å². The quantitative estimate of drug-likeness (QED) is 0.445. The highest BCUT2D eigenvalue weighted by Gasteiger charge is 2.31. The summed E-state index contributed by atoms with van der Waals surface area (Å²) >= 11 is 1.43. The number of hydrogen-bond acceptors (Lipinski definition) is 5. The molecule has 1 fully saturated rings. The van der Waals surface area contributed by atoms with Gasteiger partial charge in [0.1, 0.15) is 4.83 Å². The molecule has 9 heteroatoms. The lowest BCUT2D eigenvalue weighted by Crippen LogP contribution is -2.50. The summed E-state index contributed by atoms with van der Waals surface area (Å²) in [6.07, 6.45) is 0. The lowest BCUT2D eigenvalue weighted by Gasteiger charge is -2.33. The number of hydrogen-bond donors (Lipinski definition) is 0. The molecule has 1 saturated heterocycles. The molecule has 5 rings (SSSR count). The Bertz CT molecular complexity index is 1420. The number of thiophene rings is 1. The Kier molecular flexibility index (Phi) is 5.55. The first-order chi connectivity index (χ1) is 15.8. The van der Waals surface area contributed by atoms with Crippen LogP contribution in [-0.4, -0.2) is 59.5 Å². The van der Waals surface area contributed by atoms with Crippen molar-refractivity contribution < 1.29 is 13.2 Å². The molecule has 0 spiro atoms. The Morgan fingerprint density at radius 2 is 1.61 bits per heavy atom. The van der Waals surface area contributed by atoms with E-state index in [-0.39, 0.29) is 23.9 Å². The van der Waals surface area contributed by atoms with E-state index in [4.69, 9.17) is 0 Å². The predicted molar refractivity (Wildman–Crippen MR) is 130 cm³/mol. The summed E-state index contributed by atoms with van der Waals surface area (Å²) in [4.78, 5) is 16.8. The first kappa shape index (κ1) is 21.8. The third kappa shape index (κ3) is 3.96. The zero-order valence-electron chi connectivity index (χ0n) is 18.4. The zero-order chi connectivity index (χ0) is 23.2. The molecule has 2 aromatic heterocycles. The average molecular weight is 481 g/mol. The number of rotatable bonds is 4. The molecule has 0 saturated carbocycles. The summed E-state index contributed by atoms with van der Waals surface area (Å²) in [6, 6.07) is 18.5. The number of carbonyl (C=O) groups is 1. The average Bonchev–Trinajstić information content (AvgIpc) is 3.40. The second-order valence-corrected chi connectivity index (χ2v) is 11.1. The van der Waals surface area contributed by atoms with Gasteiger partial charge in [0.25, 0.3) is 5.91 Å². The molecule has 0 aliphatic carbocycles.